The maximum atomic E-state index is 12.2. The van der Waals surface area contributed by atoms with Crippen LogP contribution in [0.2, 0.25) is 0 Å². The van der Waals surface area contributed by atoms with Crippen LogP contribution in [0.15, 0.2) is 77.3 Å². The lowest BCUT2D eigenvalue weighted by Crippen LogP contribution is -2.28. The third kappa shape index (κ3) is 6.84. The minimum atomic E-state index is -0.194. The number of amides is 1. The Morgan fingerprint density at radius 1 is 0.968 bits per heavy atom. The van der Waals surface area contributed by atoms with Gasteiger partial charge in [-0.1, -0.05) is 60.7 Å². The van der Waals surface area contributed by atoms with E-state index >= 15 is 0 Å². The number of carbonyl (C=O) groups excluding carboxylic acids is 1. The molecule has 1 atom stereocenters. The van der Waals surface area contributed by atoms with Gasteiger partial charge < -0.3 is 20.1 Å². The molecule has 0 saturated carbocycles. The minimum absolute atomic E-state index is 0.0928. The highest BCUT2D eigenvalue weighted by Gasteiger charge is 2.14. The highest BCUT2D eigenvalue weighted by atomic mass is 79.9. The summed E-state index contributed by atoms with van der Waals surface area (Å²) >= 11 is 3.55. The van der Waals surface area contributed by atoms with Crippen molar-refractivity contribution in [1.82, 2.24) is 10.6 Å². The third-order valence-corrected chi connectivity index (χ3v) is 5.47. The van der Waals surface area contributed by atoms with Crippen LogP contribution in [0.25, 0.3) is 0 Å². The molecule has 1 amide bonds. The highest BCUT2D eigenvalue weighted by Crippen LogP contribution is 2.36. The van der Waals surface area contributed by atoms with Crippen molar-refractivity contribution in [2.24, 2.45) is 0 Å². The van der Waals surface area contributed by atoms with Crippen molar-refractivity contribution in [2.75, 3.05) is 13.7 Å². The van der Waals surface area contributed by atoms with E-state index in [9.17, 15) is 4.79 Å². The first-order chi connectivity index (χ1) is 15.1. The Labute approximate surface area is 191 Å². The van der Waals surface area contributed by atoms with Gasteiger partial charge in [0.15, 0.2) is 18.1 Å². The normalized spacial score (nSPS) is 11.6. The summed E-state index contributed by atoms with van der Waals surface area (Å²) in [7, 11) is 1.59. The quantitative estimate of drug-likeness (QED) is 0.426. The zero-order chi connectivity index (χ0) is 22.1. The highest BCUT2D eigenvalue weighted by molar-refractivity contribution is 9.10. The maximum absolute atomic E-state index is 12.2. The fraction of sp³-hybridized carbons (Fsp3) is 0.240. The molecule has 3 aromatic rings. The molecule has 162 valence electrons. The zero-order valence-corrected chi connectivity index (χ0v) is 19.3. The van der Waals surface area contributed by atoms with Crippen molar-refractivity contribution in [1.29, 1.82) is 0 Å². The Bertz CT molecular complexity index is 981. The number of nitrogens with one attached hydrogen (secondary N) is 2. The van der Waals surface area contributed by atoms with Crippen molar-refractivity contribution in [3.05, 3.63) is 94.0 Å². The molecule has 6 heteroatoms. The number of ether oxygens (including phenoxy) is 2. The SMILES string of the molecule is COc1cc(CN[C@@H](C)c2ccccc2)cc(Br)c1OCC(=O)NCc1ccccc1. The van der Waals surface area contributed by atoms with Gasteiger partial charge in [0.05, 0.1) is 11.6 Å². The molecule has 0 unspecified atom stereocenters. The first-order valence-electron chi connectivity index (χ1n) is 10.1. The molecule has 0 radical (unpaired) electrons. The lowest BCUT2D eigenvalue weighted by atomic mass is 10.1. The fourth-order valence-corrected chi connectivity index (χ4v) is 3.74. The summed E-state index contributed by atoms with van der Waals surface area (Å²) in [5.74, 6) is 0.895. The lowest BCUT2D eigenvalue weighted by molar-refractivity contribution is -0.123. The molecule has 0 aliphatic heterocycles. The largest absolute Gasteiger partial charge is 0.493 e. The van der Waals surface area contributed by atoms with Gasteiger partial charge in [-0.15, -0.1) is 0 Å². The van der Waals surface area contributed by atoms with Crippen LogP contribution in [0, 0.1) is 0 Å². The molecular formula is C25H27BrN2O3. The van der Waals surface area contributed by atoms with Gasteiger partial charge in [-0.25, -0.2) is 0 Å². The van der Waals surface area contributed by atoms with Crippen molar-refractivity contribution in [3.63, 3.8) is 0 Å². The Kier molecular flexibility index (Phi) is 8.50. The van der Waals surface area contributed by atoms with Gasteiger partial charge in [0.1, 0.15) is 0 Å². The van der Waals surface area contributed by atoms with Gasteiger partial charge in [0.25, 0.3) is 5.91 Å². The first kappa shape index (κ1) is 22.8. The molecule has 31 heavy (non-hydrogen) atoms. The molecule has 0 aliphatic carbocycles. The van der Waals surface area contributed by atoms with Crippen LogP contribution in [0.4, 0.5) is 0 Å². The zero-order valence-electron chi connectivity index (χ0n) is 17.7. The predicted octanol–water partition coefficient (Wildman–Crippen LogP) is 5.00. The Balaban J connectivity index is 1.56. The molecule has 5 nitrogen and oxygen atoms in total. The standard InChI is InChI=1S/C25H27BrN2O3/c1-18(21-11-7-4-8-12-21)27-16-20-13-22(26)25(23(14-20)30-2)31-17-24(29)28-15-19-9-5-3-6-10-19/h3-14,18,27H,15-17H2,1-2H3,(H,28,29)/t18-/m0/s1. The second-order valence-electron chi connectivity index (χ2n) is 7.17. The van der Waals surface area contributed by atoms with E-state index in [1.807, 2.05) is 60.7 Å². The number of methoxy groups -OCH3 is 1. The van der Waals surface area contributed by atoms with Crippen molar-refractivity contribution < 1.29 is 14.3 Å². The second kappa shape index (κ2) is 11.5. The van der Waals surface area contributed by atoms with Crippen molar-refractivity contribution in [3.8, 4) is 11.5 Å². The number of halogens is 1. The van der Waals surface area contributed by atoms with E-state index in [1.54, 1.807) is 7.11 Å². The summed E-state index contributed by atoms with van der Waals surface area (Å²) in [5, 5.41) is 6.37. The van der Waals surface area contributed by atoms with Crippen molar-refractivity contribution >= 4 is 21.8 Å². The smallest absolute Gasteiger partial charge is 0.258 e. The van der Waals surface area contributed by atoms with Gasteiger partial charge >= 0.3 is 0 Å². The summed E-state index contributed by atoms with van der Waals surface area (Å²) in [4.78, 5) is 12.2. The average molecular weight is 483 g/mol. The van der Waals surface area contributed by atoms with Gasteiger partial charge in [-0.3, -0.25) is 4.79 Å². The summed E-state index contributed by atoms with van der Waals surface area (Å²) in [6, 6.07) is 24.2. The van der Waals surface area contributed by atoms with E-state index in [2.05, 4.69) is 45.6 Å². The van der Waals surface area contributed by atoms with Crippen LogP contribution in [-0.4, -0.2) is 19.6 Å². The summed E-state index contributed by atoms with van der Waals surface area (Å²) in [6.45, 7) is 3.17. The molecular weight excluding hydrogens is 456 g/mol. The number of hydrogen-bond donors (Lipinski definition) is 2. The van der Waals surface area contributed by atoms with Gasteiger partial charge in [-0.2, -0.15) is 0 Å². The topological polar surface area (TPSA) is 59.6 Å². The van der Waals surface area contributed by atoms with Crippen LogP contribution < -0.4 is 20.1 Å². The Hall–Kier alpha value is -2.83. The van der Waals surface area contributed by atoms with Crippen LogP contribution in [0.1, 0.15) is 29.7 Å². The molecule has 0 bridgehead atoms. The molecule has 0 heterocycles. The van der Waals surface area contributed by atoms with Crippen LogP contribution in [-0.2, 0) is 17.9 Å². The third-order valence-electron chi connectivity index (χ3n) is 4.88. The number of benzene rings is 3. The molecule has 2 N–H and O–H groups in total. The molecule has 0 spiro atoms. The Morgan fingerprint density at radius 2 is 1.65 bits per heavy atom. The number of carbonyl (C=O) groups is 1. The van der Waals surface area contributed by atoms with E-state index in [0.717, 1.165) is 15.6 Å². The summed E-state index contributed by atoms with van der Waals surface area (Å²) in [5.41, 5.74) is 3.32. The van der Waals surface area contributed by atoms with Crippen molar-refractivity contribution in [2.45, 2.75) is 26.1 Å². The molecule has 0 aromatic heterocycles. The molecule has 3 rings (SSSR count). The van der Waals surface area contributed by atoms with E-state index in [-0.39, 0.29) is 18.6 Å². The van der Waals surface area contributed by atoms with E-state index in [1.165, 1.54) is 5.56 Å². The number of rotatable bonds is 10. The van der Waals surface area contributed by atoms with Crippen LogP contribution >= 0.6 is 15.9 Å². The number of hydrogen-bond acceptors (Lipinski definition) is 4. The van der Waals surface area contributed by atoms with E-state index in [0.29, 0.717) is 24.6 Å². The Morgan fingerprint density at radius 3 is 2.32 bits per heavy atom. The second-order valence-corrected chi connectivity index (χ2v) is 8.03. The molecule has 0 fully saturated rings. The molecule has 0 aliphatic rings. The lowest BCUT2D eigenvalue weighted by Gasteiger charge is -2.17. The van der Waals surface area contributed by atoms with Crippen LogP contribution in [0.3, 0.4) is 0 Å². The monoisotopic (exact) mass is 482 g/mol. The first-order valence-corrected chi connectivity index (χ1v) is 10.9. The van der Waals surface area contributed by atoms with Crippen LogP contribution in [0.5, 0.6) is 11.5 Å². The van der Waals surface area contributed by atoms with Gasteiger partial charge in [-0.05, 0) is 51.7 Å². The summed E-state index contributed by atoms with van der Waals surface area (Å²) in [6.07, 6.45) is 0. The minimum Gasteiger partial charge on any atom is -0.493 e. The van der Waals surface area contributed by atoms with Gasteiger partial charge in [0.2, 0.25) is 0 Å². The summed E-state index contributed by atoms with van der Waals surface area (Å²) < 4.78 is 12.0. The van der Waals surface area contributed by atoms with E-state index in [4.69, 9.17) is 9.47 Å². The maximum Gasteiger partial charge on any atom is 0.258 e. The van der Waals surface area contributed by atoms with E-state index < -0.39 is 0 Å². The average Bonchev–Trinajstić information content (AvgIpc) is 2.81. The van der Waals surface area contributed by atoms with Gasteiger partial charge in [0, 0.05) is 19.1 Å². The molecule has 0 saturated heterocycles. The predicted molar refractivity (Wildman–Crippen MR) is 126 cm³/mol. The fourth-order valence-electron chi connectivity index (χ4n) is 3.13. The molecule has 3 aromatic carbocycles.